The first-order chi connectivity index (χ1) is 9.24. The quantitative estimate of drug-likeness (QED) is 0.918. The highest BCUT2D eigenvalue weighted by molar-refractivity contribution is 9.10. The molecule has 1 aromatic heterocycles. The monoisotopic (exact) mass is 316 g/mol. The molecule has 0 aliphatic heterocycles. The van der Waals surface area contributed by atoms with Crippen LogP contribution in [0.15, 0.2) is 47.1 Å². The smallest absolute Gasteiger partial charge is 0.0570 e. The Hall–Kier alpha value is -1.19. The molecular formula is C16H17BrN2. The summed E-state index contributed by atoms with van der Waals surface area (Å²) in [4.78, 5) is 4.42. The van der Waals surface area contributed by atoms with Gasteiger partial charge in [-0.05, 0) is 55.2 Å². The van der Waals surface area contributed by atoms with Gasteiger partial charge in [0.1, 0.15) is 0 Å². The molecule has 2 aromatic rings. The van der Waals surface area contributed by atoms with Crippen LogP contribution in [0.2, 0.25) is 0 Å². The van der Waals surface area contributed by atoms with Gasteiger partial charge in [-0.2, -0.15) is 0 Å². The molecule has 2 atom stereocenters. The number of halogens is 1. The number of nitrogens with zero attached hydrogens (tertiary/aromatic N) is 1. The van der Waals surface area contributed by atoms with E-state index in [1.54, 1.807) is 0 Å². The van der Waals surface area contributed by atoms with Gasteiger partial charge in [0, 0.05) is 22.8 Å². The van der Waals surface area contributed by atoms with Crippen molar-refractivity contribution in [3.05, 3.63) is 63.9 Å². The summed E-state index contributed by atoms with van der Waals surface area (Å²) in [6.45, 7) is 2.18. The molecule has 0 amide bonds. The molecule has 98 valence electrons. The molecule has 1 aromatic carbocycles. The van der Waals surface area contributed by atoms with Gasteiger partial charge in [-0.15, -0.1) is 0 Å². The lowest BCUT2D eigenvalue weighted by atomic mass is 10.1. The van der Waals surface area contributed by atoms with Gasteiger partial charge in [-0.1, -0.05) is 28.1 Å². The zero-order chi connectivity index (χ0) is 13.2. The van der Waals surface area contributed by atoms with E-state index >= 15 is 0 Å². The number of fused-ring (bicyclic) bond motifs is 1. The standard InChI is InChI=1S/C16H17BrN2/c1-11(15-4-2-3-9-18-15)19-16-8-5-12-10-13(17)6-7-14(12)16/h2-4,6-7,9-11,16,19H,5,8H2,1H3/t11-,16?/m0/s1. The summed E-state index contributed by atoms with van der Waals surface area (Å²) in [6, 6.07) is 13.4. The van der Waals surface area contributed by atoms with Crippen LogP contribution in [0.5, 0.6) is 0 Å². The van der Waals surface area contributed by atoms with Crippen molar-refractivity contribution >= 4 is 15.9 Å². The Bertz CT molecular complexity index is 568. The first-order valence-corrected chi connectivity index (χ1v) is 7.48. The van der Waals surface area contributed by atoms with E-state index in [4.69, 9.17) is 0 Å². The first-order valence-electron chi connectivity index (χ1n) is 6.69. The molecule has 0 fully saturated rings. The Kier molecular flexibility index (Phi) is 3.67. The van der Waals surface area contributed by atoms with Crippen molar-refractivity contribution in [2.45, 2.75) is 31.8 Å². The minimum atomic E-state index is 0.279. The van der Waals surface area contributed by atoms with Gasteiger partial charge in [0.15, 0.2) is 0 Å². The normalized spacial score (nSPS) is 19.2. The number of aromatic nitrogens is 1. The molecule has 0 spiro atoms. The average Bonchev–Trinajstić information content (AvgIpc) is 2.82. The van der Waals surface area contributed by atoms with Crippen LogP contribution in [0.4, 0.5) is 0 Å². The summed E-state index contributed by atoms with van der Waals surface area (Å²) in [5, 5.41) is 3.69. The lowest BCUT2D eigenvalue weighted by molar-refractivity contribution is 0.458. The minimum absolute atomic E-state index is 0.279. The van der Waals surface area contributed by atoms with Gasteiger partial charge >= 0.3 is 0 Å². The van der Waals surface area contributed by atoms with E-state index < -0.39 is 0 Å². The Morgan fingerprint density at radius 1 is 1.32 bits per heavy atom. The summed E-state index contributed by atoms with van der Waals surface area (Å²) in [5.74, 6) is 0. The zero-order valence-electron chi connectivity index (χ0n) is 10.9. The fourth-order valence-corrected chi connectivity index (χ4v) is 3.19. The predicted molar refractivity (Wildman–Crippen MR) is 81.0 cm³/mol. The van der Waals surface area contributed by atoms with E-state index in [1.165, 1.54) is 22.0 Å². The average molecular weight is 317 g/mol. The second-order valence-electron chi connectivity index (χ2n) is 5.08. The van der Waals surface area contributed by atoms with Crippen molar-refractivity contribution < 1.29 is 0 Å². The third-order valence-corrected chi connectivity index (χ3v) is 4.26. The Morgan fingerprint density at radius 3 is 3.00 bits per heavy atom. The van der Waals surface area contributed by atoms with Crippen LogP contribution in [-0.2, 0) is 6.42 Å². The molecule has 1 unspecified atom stereocenters. The number of benzene rings is 1. The summed E-state index contributed by atoms with van der Waals surface area (Å²) < 4.78 is 1.17. The molecular weight excluding hydrogens is 300 g/mol. The molecule has 1 aliphatic carbocycles. The molecule has 3 rings (SSSR count). The van der Waals surface area contributed by atoms with Crippen molar-refractivity contribution in [2.75, 3.05) is 0 Å². The maximum Gasteiger partial charge on any atom is 0.0570 e. The molecule has 19 heavy (non-hydrogen) atoms. The topological polar surface area (TPSA) is 24.9 Å². The summed E-state index contributed by atoms with van der Waals surface area (Å²) in [6.07, 6.45) is 4.18. The van der Waals surface area contributed by atoms with E-state index in [-0.39, 0.29) is 6.04 Å². The zero-order valence-corrected chi connectivity index (χ0v) is 12.5. The minimum Gasteiger partial charge on any atom is -0.302 e. The molecule has 0 radical (unpaired) electrons. The van der Waals surface area contributed by atoms with Gasteiger partial charge in [0.2, 0.25) is 0 Å². The Morgan fingerprint density at radius 2 is 2.21 bits per heavy atom. The van der Waals surface area contributed by atoms with Crippen molar-refractivity contribution in [3.63, 3.8) is 0 Å². The molecule has 3 heteroatoms. The van der Waals surface area contributed by atoms with Crippen molar-refractivity contribution in [3.8, 4) is 0 Å². The molecule has 0 saturated heterocycles. The van der Waals surface area contributed by atoms with E-state index in [0.717, 1.165) is 12.1 Å². The SMILES string of the molecule is C[C@H](NC1CCc2cc(Br)ccc21)c1ccccn1. The molecule has 2 nitrogen and oxygen atoms in total. The highest BCUT2D eigenvalue weighted by Gasteiger charge is 2.24. The third kappa shape index (κ3) is 2.72. The van der Waals surface area contributed by atoms with E-state index in [0.29, 0.717) is 6.04 Å². The number of aryl methyl sites for hydroxylation is 1. The maximum atomic E-state index is 4.42. The summed E-state index contributed by atoms with van der Waals surface area (Å²) >= 11 is 3.54. The van der Waals surface area contributed by atoms with Crippen LogP contribution in [0, 0.1) is 0 Å². The number of hydrogen-bond acceptors (Lipinski definition) is 2. The lowest BCUT2D eigenvalue weighted by Gasteiger charge is -2.20. The largest absolute Gasteiger partial charge is 0.302 e. The highest BCUT2D eigenvalue weighted by Crippen LogP contribution is 2.34. The molecule has 0 bridgehead atoms. The van der Waals surface area contributed by atoms with Gasteiger partial charge in [0.05, 0.1) is 5.69 Å². The predicted octanol–water partition coefficient (Wildman–Crippen LogP) is 4.18. The first kappa shape index (κ1) is 12.8. The van der Waals surface area contributed by atoms with Crippen LogP contribution in [0.1, 0.15) is 42.2 Å². The highest BCUT2D eigenvalue weighted by atomic mass is 79.9. The van der Waals surface area contributed by atoms with Crippen LogP contribution >= 0.6 is 15.9 Å². The van der Waals surface area contributed by atoms with Crippen LogP contribution < -0.4 is 5.32 Å². The second kappa shape index (κ2) is 5.43. The molecule has 1 N–H and O–H groups in total. The van der Waals surface area contributed by atoms with Crippen LogP contribution in [0.3, 0.4) is 0 Å². The lowest BCUT2D eigenvalue weighted by Crippen LogP contribution is -2.23. The Labute approximate surface area is 122 Å². The summed E-state index contributed by atoms with van der Waals surface area (Å²) in [7, 11) is 0. The van der Waals surface area contributed by atoms with Crippen LogP contribution in [0.25, 0.3) is 0 Å². The molecule has 1 aliphatic rings. The number of hydrogen-bond donors (Lipinski definition) is 1. The second-order valence-corrected chi connectivity index (χ2v) is 5.99. The van der Waals surface area contributed by atoms with E-state index in [2.05, 4.69) is 57.4 Å². The van der Waals surface area contributed by atoms with Crippen molar-refractivity contribution in [2.24, 2.45) is 0 Å². The maximum absolute atomic E-state index is 4.42. The fraction of sp³-hybridized carbons (Fsp3) is 0.312. The van der Waals surface area contributed by atoms with Crippen LogP contribution in [-0.4, -0.2) is 4.98 Å². The van der Waals surface area contributed by atoms with Gasteiger partial charge < -0.3 is 5.32 Å². The number of pyridine rings is 1. The summed E-state index contributed by atoms with van der Waals surface area (Å²) in [5.41, 5.74) is 4.00. The van der Waals surface area contributed by atoms with Crippen molar-refractivity contribution in [1.82, 2.24) is 10.3 Å². The number of nitrogens with one attached hydrogen (secondary N) is 1. The fourth-order valence-electron chi connectivity index (χ4n) is 2.78. The molecule has 1 heterocycles. The van der Waals surface area contributed by atoms with Crippen molar-refractivity contribution in [1.29, 1.82) is 0 Å². The van der Waals surface area contributed by atoms with Gasteiger partial charge in [-0.25, -0.2) is 0 Å². The molecule has 0 saturated carbocycles. The van der Waals surface area contributed by atoms with Gasteiger partial charge in [-0.3, -0.25) is 4.98 Å². The Balaban J connectivity index is 1.76. The van der Waals surface area contributed by atoms with Gasteiger partial charge in [0.25, 0.3) is 0 Å². The van der Waals surface area contributed by atoms with E-state index in [1.807, 2.05) is 18.3 Å². The third-order valence-electron chi connectivity index (χ3n) is 3.77. The van der Waals surface area contributed by atoms with E-state index in [9.17, 15) is 0 Å². The number of rotatable bonds is 3.